The second-order valence-electron chi connectivity index (χ2n) is 5.21. The molecule has 110 valence electrons. The predicted molar refractivity (Wildman–Crippen MR) is 81.4 cm³/mol. The summed E-state index contributed by atoms with van der Waals surface area (Å²) in [6.45, 7) is 4.11. The lowest BCUT2D eigenvalue weighted by Gasteiger charge is -2.10. The molecule has 0 unspecified atom stereocenters. The van der Waals surface area contributed by atoms with E-state index in [1.807, 2.05) is 13.0 Å². The molecule has 2 N–H and O–H groups in total. The van der Waals surface area contributed by atoms with Gasteiger partial charge in [0.1, 0.15) is 0 Å². The number of hydrogen-bond donors (Lipinski definition) is 2. The number of hydrogen-bond acceptors (Lipinski definition) is 2. The molecule has 4 nitrogen and oxygen atoms in total. The fourth-order valence-electron chi connectivity index (χ4n) is 1.81. The van der Waals surface area contributed by atoms with E-state index in [1.54, 1.807) is 12.1 Å². The monoisotopic (exact) mass is 296 g/mol. The van der Waals surface area contributed by atoms with E-state index in [4.69, 9.17) is 16.3 Å². The Labute approximate surface area is 124 Å². The van der Waals surface area contributed by atoms with Gasteiger partial charge in [0.15, 0.2) is 0 Å². The lowest BCUT2D eigenvalue weighted by Crippen LogP contribution is -2.30. The molecule has 1 saturated carbocycles. The number of nitrogens with one attached hydrogen (secondary N) is 2. The maximum absolute atomic E-state index is 11.7. The molecule has 1 aromatic carbocycles. The smallest absolute Gasteiger partial charge is 0.319 e. The van der Waals surface area contributed by atoms with E-state index < -0.39 is 0 Å². The zero-order valence-electron chi connectivity index (χ0n) is 11.7. The van der Waals surface area contributed by atoms with Gasteiger partial charge in [0, 0.05) is 30.5 Å². The van der Waals surface area contributed by atoms with Gasteiger partial charge in [-0.3, -0.25) is 0 Å². The summed E-state index contributed by atoms with van der Waals surface area (Å²) in [4.78, 5) is 11.7. The Morgan fingerprint density at radius 1 is 1.45 bits per heavy atom. The lowest BCUT2D eigenvalue weighted by molar-refractivity contribution is 0.122. The number of aryl methyl sites for hydroxylation is 1. The van der Waals surface area contributed by atoms with Gasteiger partial charge in [-0.25, -0.2) is 4.79 Å². The molecule has 1 aliphatic carbocycles. The average molecular weight is 297 g/mol. The van der Waals surface area contributed by atoms with E-state index in [2.05, 4.69) is 10.6 Å². The number of urea groups is 1. The molecule has 1 aromatic rings. The molecule has 5 heteroatoms. The van der Waals surface area contributed by atoms with E-state index in [0.717, 1.165) is 30.2 Å². The van der Waals surface area contributed by atoms with Crippen LogP contribution < -0.4 is 10.6 Å². The molecular weight excluding hydrogens is 276 g/mol. The topological polar surface area (TPSA) is 50.4 Å². The van der Waals surface area contributed by atoms with Crippen molar-refractivity contribution in [2.24, 2.45) is 5.92 Å². The Morgan fingerprint density at radius 2 is 2.25 bits per heavy atom. The van der Waals surface area contributed by atoms with Crippen LogP contribution in [0.3, 0.4) is 0 Å². The van der Waals surface area contributed by atoms with Crippen LogP contribution >= 0.6 is 11.6 Å². The van der Waals surface area contributed by atoms with Crippen molar-refractivity contribution in [3.05, 3.63) is 28.8 Å². The van der Waals surface area contributed by atoms with Crippen molar-refractivity contribution in [1.29, 1.82) is 0 Å². The maximum atomic E-state index is 11.7. The first kappa shape index (κ1) is 15.1. The number of rotatable bonds is 7. The van der Waals surface area contributed by atoms with Gasteiger partial charge in [-0.2, -0.15) is 0 Å². The molecule has 0 bridgehead atoms. The van der Waals surface area contributed by atoms with Crippen LogP contribution in [0.4, 0.5) is 10.5 Å². The molecule has 1 fully saturated rings. The van der Waals surface area contributed by atoms with Crippen LogP contribution in [0.25, 0.3) is 0 Å². The molecule has 2 rings (SSSR count). The van der Waals surface area contributed by atoms with Gasteiger partial charge >= 0.3 is 6.03 Å². The Balaban J connectivity index is 1.60. The van der Waals surface area contributed by atoms with Crippen LogP contribution in [-0.4, -0.2) is 25.8 Å². The summed E-state index contributed by atoms with van der Waals surface area (Å²) in [6, 6.07) is 5.22. The number of anilines is 1. The molecule has 2 amide bonds. The first-order valence-corrected chi connectivity index (χ1v) is 7.41. The second kappa shape index (κ2) is 7.50. The van der Waals surface area contributed by atoms with Crippen molar-refractivity contribution in [2.45, 2.75) is 26.2 Å². The lowest BCUT2D eigenvalue weighted by atomic mass is 10.2. The SMILES string of the molecule is Cc1ccc(Cl)cc1NC(=O)NCCCOCC1CC1. The Bertz CT molecular complexity index is 461. The molecule has 20 heavy (non-hydrogen) atoms. The summed E-state index contributed by atoms with van der Waals surface area (Å²) in [5, 5.41) is 6.21. The van der Waals surface area contributed by atoms with Crippen LogP contribution in [0.1, 0.15) is 24.8 Å². The highest BCUT2D eigenvalue weighted by Gasteiger charge is 2.20. The van der Waals surface area contributed by atoms with Crippen LogP contribution in [0.2, 0.25) is 5.02 Å². The van der Waals surface area contributed by atoms with Crippen LogP contribution in [-0.2, 0) is 4.74 Å². The Kier molecular flexibility index (Phi) is 5.68. The van der Waals surface area contributed by atoms with E-state index in [-0.39, 0.29) is 6.03 Å². The molecule has 0 radical (unpaired) electrons. The molecular formula is C15H21ClN2O2. The minimum absolute atomic E-state index is 0.211. The quantitative estimate of drug-likeness (QED) is 0.756. The van der Waals surface area contributed by atoms with Crippen molar-refractivity contribution in [3.8, 4) is 0 Å². The average Bonchev–Trinajstić information content (AvgIpc) is 3.22. The number of amides is 2. The molecule has 0 aliphatic heterocycles. The fourth-order valence-corrected chi connectivity index (χ4v) is 1.98. The Morgan fingerprint density at radius 3 is 3.00 bits per heavy atom. The van der Waals surface area contributed by atoms with E-state index in [9.17, 15) is 4.79 Å². The number of halogens is 1. The summed E-state index contributed by atoms with van der Waals surface area (Å²) in [5.41, 5.74) is 1.72. The van der Waals surface area contributed by atoms with E-state index in [1.165, 1.54) is 12.8 Å². The molecule has 0 saturated heterocycles. The predicted octanol–water partition coefficient (Wildman–Crippen LogP) is 3.59. The van der Waals surface area contributed by atoms with Crippen LogP contribution in [0.15, 0.2) is 18.2 Å². The van der Waals surface area contributed by atoms with Gasteiger partial charge in [-0.15, -0.1) is 0 Å². The van der Waals surface area contributed by atoms with Gasteiger partial charge in [-0.1, -0.05) is 17.7 Å². The summed E-state index contributed by atoms with van der Waals surface area (Å²) < 4.78 is 5.50. The van der Waals surface area contributed by atoms with Gasteiger partial charge in [0.2, 0.25) is 0 Å². The van der Waals surface area contributed by atoms with Gasteiger partial charge < -0.3 is 15.4 Å². The van der Waals surface area contributed by atoms with Gasteiger partial charge in [-0.05, 0) is 49.8 Å². The summed E-state index contributed by atoms with van der Waals surface area (Å²) in [6.07, 6.45) is 3.44. The van der Waals surface area contributed by atoms with Crippen molar-refractivity contribution in [2.75, 3.05) is 25.1 Å². The van der Waals surface area contributed by atoms with Gasteiger partial charge in [0.25, 0.3) is 0 Å². The van der Waals surface area contributed by atoms with Crippen LogP contribution in [0.5, 0.6) is 0 Å². The first-order valence-electron chi connectivity index (χ1n) is 7.04. The minimum Gasteiger partial charge on any atom is -0.381 e. The van der Waals surface area contributed by atoms with Crippen LogP contribution in [0, 0.1) is 12.8 Å². The van der Waals surface area contributed by atoms with Gasteiger partial charge in [0.05, 0.1) is 0 Å². The second-order valence-corrected chi connectivity index (χ2v) is 5.65. The molecule has 0 atom stereocenters. The zero-order chi connectivity index (χ0) is 14.4. The number of ether oxygens (including phenoxy) is 1. The third kappa shape index (κ3) is 5.39. The molecule has 0 heterocycles. The van der Waals surface area contributed by atoms with E-state index in [0.29, 0.717) is 18.2 Å². The largest absolute Gasteiger partial charge is 0.381 e. The number of carbonyl (C=O) groups excluding carboxylic acids is 1. The Hall–Kier alpha value is -1.26. The zero-order valence-corrected chi connectivity index (χ0v) is 12.5. The number of benzene rings is 1. The van der Waals surface area contributed by atoms with E-state index >= 15 is 0 Å². The van der Waals surface area contributed by atoms with Crippen molar-refractivity contribution in [3.63, 3.8) is 0 Å². The summed E-state index contributed by atoms with van der Waals surface area (Å²) >= 11 is 5.90. The highest BCUT2D eigenvalue weighted by molar-refractivity contribution is 6.31. The normalized spacial score (nSPS) is 14.1. The maximum Gasteiger partial charge on any atom is 0.319 e. The fraction of sp³-hybridized carbons (Fsp3) is 0.533. The third-order valence-corrected chi connectivity index (χ3v) is 3.48. The standard InChI is InChI=1S/C15H21ClN2O2/c1-11-3-6-13(16)9-14(11)18-15(19)17-7-2-8-20-10-12-4-5-12/h3,6,9,12H,2,4-5,7-8,10H2,1H3,(H2,17,18,19). The summed E-state index contributed by atoms with van der Waals surface area (Å²) in [5.74, 6) is 0.789. The van der Waals surface area contributed by atoms with Crippen molar-refractivity contribution >= 4 is 23.3 Å². The third-order valence-electron chi connectivity index (χ3n) is 3.25. The molecule has 0 spiro atoms. The van der Waals surface area contributed by atoms with Crippen molar-refractivity contribution in [1.82, 2.24) is 5.32 Å². The molecule has 1 aliphatic rings. The highest BCUT2D eigenvalue weighted by Crippen LogP contribution is 2.28. The minimum atomic E-state index is -0.211. The highest BCUT2D eigenvalue weighted by atomic mass is 35.5. The molecule has 0 aromatic heterocycles. The van der Waals surface area contributed by atoms with Crippen molar-refractivity contribution < 1.29 is 9.53 Å². The summed E-state index contributed by atoms with van der Waals surface area (Å²) in [7, 11) is 0. The first-order chi connectivity index (χ1) is 9.65. The number of carbonyl (C=O) groups is 1.